The van der Waals surface area contributed by atoms with E-state index in [1.165, 1.54) is 11.1 Å². The second kappa shape index (κ2) is 27.2. The number of alkyl halides is 1. The number of benzene rings is 2. The van der Waals surface area contributed by atoms with Crippen molar-refractivity contribution >= 4 is 23.9 Å². The number of rotatable bonds is 19. The molecule has 1 atom stereocenters. The molecule has 0 fully saturated rings. The highest BCUT2D eigenvalue weighted by Crippen LogP contribution is 2.21. The van der Waals surface area contributed by atoms with Gasteiger partial charge in [0.1, 0.15) is 5.75 Å². The molecule has 2 rings (SSSR count). The average Bonchev–Trinajstić information content (AvgIpc) is 3.01. The van der Waals surface area contributed by atoms with Crippen LogP contribution in [0.1, 0.15) is 62.3 Å². The Labute approximate surface area is 259 Å². The van der Waals surface area contributed by atoms with Gasteiger partial charge in [-0.3, -0.25) is 9.59 Å². The van der Waals surface area contributed by atoms with Crippen molar-refractivity contribution in [3.05, 3.63) is 64.7 Å². The molecule has 0 radical (unpaired) electrons. The van der Waals surface area contributed by atoms with E-state index in [4.69, 9.17) is 31.5 Å². The molecule has 238 valence electrons. The van der Waals surface area contributed by atoms with E-state index in [0.717, 1.165) is 62.3 Å². The number of halogens is 1. The van der Waals surface area contributed by atoms with Gasteiger partial charge < -0.3 is 30.6 Å². The number of hydrogen-bond acceptors (Lipinski definition) is 6. The highest BCUT2D eigenvalue weighted by atomic mass is 35.5. The molecule has 0 aliphatic rings. The predicted octanol–water partition coefficient (Wildman–Crippen LogP) is 5.20. The SMILES string of the molecule is CCCC(=O)NCc1ccc(C)cc1.CCOCC(C)CN.COc1cc(CCCCl)ccc1CCOCCNC=O. The van der Waals surface area contributed by atoms with Gasteiger partial charge in [-0.1, -0.05) is 55.8 Å². The van der Waals surface area contributed by atoms with Gasteiger partial charge in [-0.05, 0) is 74.8 Å². The van der Waals surface area contributed by atoms with Crippen LogP contribution in [0.2, 0.25) is 0 Å². The first-order valence-corrected chi connectivity index (χ1v) is 15.4. The van der Waals surface area contributed by atoms with E-state index in [9.17, 15) is 9.59 Å². The van der Waals surface area contributed by atoms with Gasteiger partial charge in [0.05, 0.1) is 26.9 Å². The number of nitrogens with one attached hydrogen (secondary N) is 2. The van der Waals surface area contributed by atoms with Crippen LogP contribution in [0, 0.1) is 12.8 Å². The number of carbonyl (C=O) groups excluding carboxylic acids is 2. The third kappa shape index (κ3) is 21.1. The van der Waals surface area contributed by atoms with Crippen molar-refractivity contribution in [3.8, 4) is 5.75 Å². The normalized spacial score (nSPS) is 10.8. The second-order valence-electron chi connectivity index (χ2n) is 9.89. The lowest BCUT2D eigenvalue weighted by Gasteiger charge is -2.11. The van der Waals surface area contributed by atoms with E-state index in [1.807, 2.05) is 26.0 Å². The number of amides is 2. The topological polar surface area (TPSA) is 112 Å². The summed E-state index contributed by atoms with van der Waals surface area (Å²) in [6.45, 7) is 12.8. The van der Waals surface area contributed by atoms with Gasteiger partial charge in [0, 0.05) is 32.0 Å². The number of carbonyl (C=O) groups is 2. The molecule has 0 heterocycles. The van der Waals surface area contributed by atoms with Crippen LogP contribution >= 0.6 is 11.6 Å². The largest absolute Gasteiger partial charge is 0.496 e. The van der Waals surface area contributed by atoms with Crippen LogP contribution in [-0.4, -0.2) is 64.8 Å². The summed E-state index contributed by atoms with van der Waals surface area (Å²) in [5, 5.41) is 5.44. The molecule has 42 heavy (non-hydrogen) atoms. The van der Waals surface area contributed by atoms with E-state index in [0.29, 0.717) is 50.9 Å². The van der Waals surface area contributed by atoms with Gasteiger partial charge >= 0.3 is 0 Å². The molecule has 0 bridgehead atoms. The van der Waals surface area contributed by atoms with Gasteiger partial charge in [0.2, 0.25) is 12.3 Å². The Balaban J connectivity index is 0.000000662. The zero-order valence-electron chi connectivity index (χ0n) is 26.4. The molecule has 2 aromatic rings. The van der Waals surface area contributed by atoms with Gasteiger partial charge in [-0.25, -0.2) is 0 Å². The average molecular weight is 608 g/mol. The van der Waals surface area contributed by atoms with Crippen molar-refractivity contribution in [2.45, 2.75) is 66.3 Å². The third-order valence-electron chi connectivity index (χ3n) is 6.04. The molecule has 1 unspecified atom stereocenters. The van der Waals surface area contributed by atoms with Crippen LogP contribution in [0.5, 0.6) is 5.75 Å². The highest BCUT2D eigenvalue weighted by molar-refractivity contribution is 6.17. The number of aryl methyl sites for hydroxylation is 2. The van der Waals surface area contributed by atoms with Crippen molar-refractivity contribution in [1.82, 2.24) is 10.6 Å². The van der Waals surface area contributed by atoms with Crippen LogP contribution in [0.3, 0.4) is 0 Å². The van der Waals surface area contributed by atoms with Crippen molar-refractivity contribution in [3.63, 3.8) is 0 Å². The van der Waals surface area contributed by atoms with Gasteiger partial charge in [-0.15, -0.1) is 11.6 Å². The minimum absolute atomic E-state index is 0.132. The van der Waals surface area contributed by atoms with Gasteiger partial charge in [-0.2, -0.15) is 0 Å². The molecule has 0 spiro atoms. The highest BCUT2D eigenvalue weighted by Gasteiger charge is 2.05. The zero-order chi connectivity index (χ0) is 31.4. The lowest BCUT2D eigenvalue weighted by Crippen LogP contribution is -2.21. The maximum absolute atomic E-state index is 11.2. The lowest BCUT2D eigenvalue weighted by molar-refractivity contribution is -0.121. The van der Waals surface area contributed by atoms with Crippen LogP contribution in [0.25, 0.3) is 0 Å². The van der Waals surface area contributed by atoms with E-state index < -0.39 is 0 Å². The molecular weight excluding hydrogens is 554 g/mol. The molecule has 0 saturated carbocycles. The number of hydrogen-bond donors (Lipinski definition) is 3. The quantitative estimate of drug-likeness (QED) is 0.115. The summed E-state index contributed by atoms with van der Waals surface area (Å²) in [4.78, 5) is 21.2. The molecule has 0 aliphatic heterocycles. The second-order valence-corrected chi connectivity index (χ2v) is 10.3. The summed E-state index contributed by atoms with van der Waals surface area (Å²) in [6.07, 6.45) is 4.92. The first kappa shape index (κ1) is 39.4. The minimum atomic E-state index is 0.132. The van der Waals surface area contributed by atoms with Gasteiger partial charge in [0.15, 0.2) is 0 Å². The molecule has 0 saturated heterocycles. The molecule has 9 heteroatoms. The smallest absolute Gasteiger partial charge is 0.220 e. The maximum Gasteiger partial charge on any atom is 0.220 e. The Kier molecular flexibility index (Phi) is 25.5. The monoisotopic (exact) mass is 607 g/mol. The first-order chi connectivity index (χ1) is 20.3. The van der Waals surface area contributed by atoms with Crippen LogP contribution in [0.15, 0.2) is 42.5 Å². The van der Waals surface area contributed by atoms with Gasteiger partial charge in [0.25, 0.3) is 0 Å². The minimum Gasteiger partial charge on any atom is -0.496 e. The van der Waals surface area contributed by atoms with E-state index in [2.05, 4.69) is 54.8 Å². The van der Waals surface area contributed by atoms with Crippen LogP contribution < -0.4 is 21.1 Å². The maximum atomic E-state index is 11.2. The fraction of sp³-hybridized carbons (Fsp3) is 0.576. The summed E-state index contributed by atoms with van der Waals surface area (Å²) < 4.78 is 16.0. The first-order valence-electron chi connectivity index (χ1n) is 14.9. The van der Waals surface area contributed by atoms with Crippen LogP contribution in [-0.2, 0) is 38.4 Å². The molecule has 0 aromatic heterocycles. The van der Waals surface area contributed by atoms with Crippen LogP contribution in [0.4, 0.5) is 0 Å². The molecule has 4 N–H and O–H groups in total. The Morgan fingerprint density at radius 3 is 2.36 bits per heavy atom. The van der Waals surface area contributed by atoms with E-state index >= 15 is 0 Å². The van der Waals surface area contributed by atoms with E-state index in [1.54, 1.807) is 7.11 Å². The predicted molar refractivity (Wildman–Crippen MR) is 173 cm³/mol. The Morgan fingerprint density at radius 2 is 1.76 bits per heavy atom. The van der Waals surface area contributed by atoms with Crippen molar-refractivity contribution in [2.24, 2.45) is 11.7 Å². The molecule has 0 aliphatic carbocycles. The molecular formula is C33H54ClN3O5. The number of ether oxygens (including phenoxy) is 3. The van der Waals surface area contributed by atoms with Crippen molar-refractivity contribution in [2.75, 3.05) is 52.5 Å². The lowest BCUT2D eigenvalue weighted by atomic mass is 10.0. The molecule has 8 nitrogen and oxygen atoms in total. The summed E-state index contributed by atoms with van der Waals surface area (Å²) >= 11 is 5.70. The summed E-state index contributed by atoms with van der Waals surface area (Å²) in [7, 11) is 1.68. The standard InChI is InChI=1S/C15H22ClNO3.C12H17NO.C6H15NO/c1-19-15-11-13(3-2-7-16)4-5-14(15)6-9-20-10-8-17-12-18;1-3-4-12(14)13-9-11-7-5-10(2)6-8-11;1-3-8-5-6(2)4-7/h4-5,11-12H,2-3,6-10H2,1H3,(H,17,18);5-8H,3-4,9H2,1-2H3,(H,13,14);6H,3-5,7H2,1-2H3. The Bertz CT molecular complexity index is 944. The summed E-state index contributed by atoms with van der Waals surface area (Å²) in [5.74, 6) is 2.21. The zero-order valence-corrected chi connectivity index (χ0v) is 27.1. The van der Waals surface area contributed by atoms with E-state index in [-0.39, 0.29) is 5.91 Å². The fourth-order valence-electron chi connectivity index (χ4n) is 3.51. The number of nitrogens with two attached hydrogens (primary N) is 1. The number of methoxy groups -OCH3 is 1. The van der Waals surface area contributed by atoms with Crippen molar-refractivity contribution in [1.29, 1.82) is 0 Å². The summed E-state index contributed by atoms with van der Waals surface area (Å²) in [6, 6.07) is 14.5. The molecule has 2 aromatic carbocycles. The Morgan fingerprint density at radius 1 is 1.05 bits per heavy atom. The third-order valence-corrected chi connectivity index (χ3v) is 6.30. The Hall–Kier alpha value is -2.65. The molecule has 2 amide bonds. The summed E-state index contributed by atoms with van der Waals surface area (Å²) in [5.41, 5.74) is 10.1. The van der Waals surface area contributed by atoms with Crippen molar-refractivity contribution < 1.29 is 23.8 Å². The fourth-order valence-corrected chi connectivity index (χ4v) is 3.64.